The first-order valence-corrected chi connectivity index (χ1v) is 6.44. The van der Waals surface area contributed by atoms with Crippen molar-refractivity contribution in [3.63, 3.8) is 0 Å². The Morgan fingerprint density at radius 3 is 2.67 bits per heavy atom. The fourth-order valence-electron chi connectivity index (χ4n) is 2.51. The zero-order valence-electron chi connectivity index (χ0n) is 11.4. The van der Waals surface area contributed by atoms with Gasteiger partial charge in [-0.05, 0) is 42.0 Å². The number of hydrogen-bond donors (Lipinski definition) is 2. The highest BCUT2D eigenvalue weighted by Gasteiger charge is 2.43. The van der Waals surface area contributed by atoms with E-state index in [1.807, 2.05) is 6.92 Å². The predicted octanol–water partition coefficient (Wildman–Crippen LogP) is 2.84. The third kappa shape index (κ3) is 2.53. The molecule has 6 heteroatoms. The average molecular weight is 296 g/mol. The molecule has 1 aromatic carbocycles. The van der Waals surface area contributed by atoms with Gasteiger partial charge in [0.1, 0.15) is 0 Å². The lowest BCUT2D eigenvalue weighted by atomic mass is 9.78. The Labute approximate surface area is 120 Å². The fourth-order valence-corrected chi connectivity index (χ4v) is 2.51. The minimum Gasteiger partial charge on any atom is -0.370 e. The molecule has 3 nitrogen and oxygen atoms in total. The van der Waals surface area contributed by atoms with Gasteiger partial charge in [0.05, 0.1) is 5.56 Å². The number of dihydropyridines is 1. The van der Waals surface area contributed by atoms with Crippen LogP contribution < -0.4 is 11.1 Å². The van der Waals surface area contributed by atoms with E-state index in [0.29, 0.717) is 12.0 Å². The van der Waals surface area contributed by atoms with Gasteiger partial charge in [0, 0.05) is 0 Å². The van der Waals surface area contributed by atoms with Crippen LogP contribution in [-0.2, 0) is 16.5 Å². The molecule has 1 aromatic rings. The van der Waals surface area contributed by atoms with Crippen molar-refractivity contribution < 1.29 is 18.0 Å². The topological polar surface area (TPSA) is 55.1 Å². The standard InChI is InChI=1S/C15H15F3N2O/c1-2-10-7-4-8-20-14(10,13(19)21)11-5-3-6-12(9-11)15(16,17)18/h3-9,20H,2H2,1H3,(H2,19,21). The van der Waals surface area contributed by atoms with E-state index in [9.17, 15) is 18.0 Å². The first-order valence-electron chi connectivity index (χ1n) is 6.44. The van der Waals surface area contributed by atoms with Crippen LogP contribution in [-0.4, -0.2) is 5.91 Å². The van der Waals surface area contributed by atoms with E-state index in [4.69, 9.17) is 5.73 Å². The summed E-state index contributed by atoms with van der Waals surface area (Å²) in [6.45, 7) is 1.82. The van der Waals surface area contributed by atoms with Crippen LogP contribution in [0, 0.1) is 0 Å². The lowest BCUT2D eigenvalue weighted by molar-refractivity contribution is -0.137. The van der Waals surface area contributed by atoms with Crippen LogP contribution in [0.1, 0.15) is 24.5 Å². The molecule has 0 fully saturated rings. The molecule has 0 radical (unpaired) electrons. The molecular weight excluding hydrogens is 281 g/mol. The van der Waals surface area contributed by atoms with Gasteiger partial charge in [0.2, 0.25) is 0 Å². The Hall–Kier alpha value is -2.24. The van der Waals surface area contributed by atoms with Crippen LogP contribution in [0.4, 0.5) is 13.2 Å². The third-order valence-electron chi connectivity index (χ3n) is 3.55. The summed E-state index contributed by atoms with van der Waals surface area (Å²) in [4.78, 5) is 12.0. The van der Waals surface area contributed by atoms with Gasteiger partial charge in [-0.2, -0.15) is 13.2 Å². The highest BCUT2D eigenvalue weighted by Crippen LogP contribution is 2.37. The molecule has 1 atom stereocenters. The van der Waals surface area contributed by atoms with E-state index < -0.39 is 23.2 Å². The second kappa shape index (κ2) is 5.27. The SMILES string of the molecule is CCC1=CC=CNC1(C(N)=O)c1cccc(C(F)(F)F)c1. The molecule has 1 amide bonds. The zero-order chi connectivity index (χ0) is 15.7. The quantitative estimate of drug-likeness (QED) is 0.901. The van der Waals surface area contributed by atoms with Crippen LogP contribution in [0.15, 0.2) is 48.2 Å². The summed E-state index contributed by atoms with van der Waals surface area (Å²) in [5.74, 6) is -0.737. The number of nitrogens with one attached hydrogen (secondary N) is 1. The van der Waals surface area contributed by atoms with Gasteiger partial charge in [0.15, 0.2) is 5.54 Å². The van der Waals surface area contributed by atoms with Gasteiger partial charge < -0.3 is 11.1 Å². The second-order valence-electron chi connectivity index (χ2n) is 4.74. The van der Waals surface area contributed by atoms with Gasteiger partial charge in [0.25, 0.3) is 5.91 Å². The molecule has 1 aliphatic heterocycles. The first-order chi connectivity index (χ1) is 9.82. The second-order valence-corrected chi connectivity index (χ2v) is 4.74. The van der Waals surface area contributed by atoms with Crippen LogP contribution in [0.25, 0.3) is 0 Å². The van der Waals surface area contributed by atoms with Crippen molar-refractivity contribution in [2.75, 3.05) is 0 Å². The molecular formula is C15H15F3N2O. The highest BCUT2D eigenvalue weighted by atomic mass is 19.4. The van der Waals surface area contributed by atoms with E-state index >= 15 is 0 Å². The molecule has 0 bridgehead atoms. The summed E-state index contributed by atoms with van der Waals surface area (Å²) in [5.41, 5.74) is 4.05. The number of carbonyl (C=O) groups excluding carboxylic acids is 1. The molecule has 0 aliphatic carbocycles. The van der Waals surface area contributed by atoms with E-state index in [1.165, 1.54) is 18.3 Å². The zero-order valence-corrected chi connectivity index (χ0v) is 11.4. The van der Waals surface area contributed by atoms with E-state index in [-0.39, 0.29) is 5.56 Å². The molecule has 0 saturated heterocycles. The Kier molecular flexibility index (Phi) is 3.80. The summed E-state index contributed by atoms with van der Waals surface area (Å²) >= 11 is 0. The van der Waals surface area contributed by atoms with Gasteiger partial charge in [-0.15, -0.1) is 0 Å². The summed E-state index contributed by atoms with van der Waals surface area (Å²) in [7, 11) is 0. The fraction of sp³-hybridized carbons (Fsp3) is 0.267. The number of alkyl halides is 3. The number of amides is 1. The molecule has 1 heterocycles. The van der Waals surface area contributed by atoms with Crippen molar-refractivity contribution in [3.8, 4) is 0 Å². The molecule has 0 spiro atoms. The summed E-state index contributed by atoms with van der Waals surface area (Å²) in [5, 5.41) is 2.84. The predicted molar refractivity (Wildman–Crippen MR) is 73.0 cm³/mol. The number of nitrogens with two attached hydrogens (primary N) is 1. The minimum atomic E-state index is -4.48. The Balaban J connectivity index is 2.62. The Morgan fingerprint density at radius 2 is 2.10 bits per heavy atom. The Morgan fingerprint density at radius 1 is 1.38 bits per heavy atom. The Bertz CT molecular complexity index is 620. The number of halogens is 3. The van der Waals surface area contributed by atoms with Crippen LogP contribution in [0.3, 0.4) is 0 Å². The molecule has 2 rings (SSSR count). The maximum Gasteiger partial charge on any atom is 0.416 e. The van der Waals surface area contributed by atoms with Crippen molar-refractivity contribution in [1.82, 2.24) is 5.32 Å². The number of primary amides is 1. The first kappa shape index (κ1) is 15.2. The smallest absolute Gasteiger partial charge is 0.370 e. The molecule has 0 saturated carbocycles. The van der Waals surface area contributed by atoms with E-state index in [0.717, 1.165) is 12.1 Å². The average Bonchev–Trinajstić information content (AvgIpc) is 2.46. The number of hydrogen-bond acceptors (Lipinski definition) is 2. The van der Waals surface area contributed by atoms with E-state index in [1.54, 1.807) is 12.2 Å². The molecule has 1 aliphatic rings. The lowest BCUT2D eigenvalue weighted by Crippen LogP contribution is -2.53. The van der Waals surface area contributed by atoms with Crippen molar-refractivity contribution in [2.45, 2.75) is 25.1 Å². The van der Waals surface area contributed by atoms with Gasteiger partial charge in [-0.1, -0.05) is 25.1 Å². The molecule has 3 N–H and O–H groups in total. The summed E-state index contributed by atoms with van der Waals surface area (Å²) in [6.07, 6.45) is 0.894. The van der Waals surface area contributed by atoms with E-state index in [2.05, 4.69) is 5.32 Å². The number of rotatable bonds is 3. The molecule has 112 valence electrons. The van der Waals surface area contributed by atoms with Crippen molar-refractivity contribution in [2.24, 2.45) is 5.73 Å². The third-order valence-corrected chi connectivity index (χ3v) is 3.55. The van der Waals surface area contributed by atoms with Crippen molar-refractivity contribution in [3.05, 3.63) is 59.3 Å². The molecule has 1 unspecified atom stereocenters. The molecule has 21 heavy (non-hydrogen) atoms. The van der Waals surface area contributed by atoms with Gasteiger partial charge in [-0.25, -0.2) is 0 Å². The van der Waals surface area contributed by atoms with Crippen molar-refractivity contribution >= 4 is 5.91 Å². The number of benzene rings is 1. The monoisotopic (exact) mass is 296 g/mol. The minimum absolute atomic E-state index is 0.183. The normalized spacial score (nSPS) is 21.6. The maximum absolute atomic E-state index is 12.9. The number of allylic oxidation sites excluding steroid dienone is 2. The highest BCUT2D eigenvalue weighted by molar-refractivity contribution is 5.90. The van der Waals surface area contributed by atoms with Crippen molar-refractivity contribution in [1.29, 1.82) is 0 Å². The number of carbonyl (C=O) groups is 1. The lowest BCUT2D eigenvalue weighted by Gasteiger charge is -2.36. The molecule has 0 aromatic heterocycles. The summed E-state index contributed by atoms with van der Waals surface area (Å²) < 4.78 is 38.6. The maximum atomic E-state index is 12.9. The largest absolute Gasteiger partial charge is 0.416 e. The van der Waals surface area contributed by atoms with Gasteiger partial charge >= 0.3 is 6.18 Å². The van der Waals surface area contributed by atoms with Crippen LogP contribution >= 0.6 is 0 Å². The summed E-state index contributed by atoms with van der Waals surface area (Å²) in [6, 6.07) is 4.67. The van der Waals surface area contributed by atoms with Gasteiger partial charge in [-0.3, -0.25) is 4.79 Å². The van der Waals surface area contributed by atoms with Crippen LogP contribution in [0.2, 0.25) is 0 Å². The van der Waals surface area contributed by atoms with Crippen LogP contribution in [0.5, 0.6) is 0 Å².